The van der Waals surface area contributed by atoms with Crippen molar-refractivity contribution in [1.29, 1.82) is 0 Å². The van der Waals surface area contributed by atoms with Crippen LogP contribution in [0, 0.1) is 0 Å². The predicted molar refractivity (Wildman–Crippen MR) is 74.6 cm³/mol. The summed E-state index contributed by atoms with van der Waals surface area (Å²) in [6.45, 7) is 5.54. The molecule has 2 aromatic rings. The van der Waals surface area contributed by atoms with Gasteiger partial charge in [0, 0.05) is 23.1 Å². The van der Waals surface area contributed by atoms with Gasteiger partial charge >= 0.3 is 0 Å². The topological polar surface area (TPSA) is 17.0 Å². The molecule has 0 bridgehead atoms. The van der Waals surface area contributed by atoms with E-state index in [4.69, 9.17) is 0 Å². The standard InChI is InChI=1S/C15H22N2/c1-12(2)17-11-9-14-13(7-5-10-16-3)6-4-8-15(14)17/h4,6,8-9,11-12,16H,5,7,10H2,1-3H3. The van der Waals surface area contributed by atoms with Crippen molar-refractivity contribution >= 4 is 10.9 Å². The lowest BCUT2D eigenvalue weighted by molar-refractivity contribution is 0.623. The lowest BCUT2D eigenvalue weighted by atomic mass is 10.1. The first kappa shape index (κ1) is 12.2. The van der Waals surface area contributed by atoms with Crippen molar-refractivity contribution in [2.24, 2.45) is 0 Å². The molecule has 0 saturated heterocycles. The molecule has 0 radical (unpaired) electrons. The summed E-state index contributed by atoms with van der Waals surface area (Å²) in [7, 11) is 2.01. The largest absolute Gasteiger partial charge is 0.345 e. The number of fused-ring (bicyclic) bond motifs is 1. The molecule has 2 rings (SSSR count). The average molecular weight is 230 g/mol. The van der Waals surface area contributed by atoms with Gasteiger partial charge in [-0.2, -0.15) is 0 Å². The number of aromatic nitrogens is 1. The second-order valence-electron chi connectivity index (χ2n) is 4.87. The van der Waals surface area contributed by atoms with Crippen LogP contribution in [0.2, 0.25) is 0 Å². The van der Waals surface area contributed by atoms with Crippen LogP contribution in [0.3, 0.4) is 0 Å². The van der Waals surface area contributed by atoms with Gasteiger partial charge in [0.15, 0.2) is 0 Å². The molecule has 0 spiro atoms. The molecule has 0 fully saturated rings. The minimum atomic E-state index is 0.528. The Morgan fingerprint density at radius 2 is 2.06 bits per heavy atom. The zero-order valence-electron chi connectivity index (χ0n) is 11.0. The minimum Gasteiger partial charge on any atom is -0.345 e. The molecular weight excluding hydrogens is 208 g/mol. The average Bonchev–Trinajstić information content (AvgIpc) is 2.74. The number of hydrogen-bond acceptors (Lipinski definition) is 1. The van der Waals surface area contributed by atoms with Gasteiger partial charge in [-0.25, -0.2) is 0 Å². The summed E-state index contributed by atoms with van der Waals surface area (Å²) >= 11 is 0. The van der Waals surface area contributed by atoms with Crippen LogP contribution in [0.15, 0.2) is 30.5 Å². The van der Waals surface area contributed by atoms with Gasteiger partial charge in [-0.1, -0.05) is 12.1 Å². The molecule has 0 saturated carbocycles. The molecule has 1 aromatic heterocycles. The molecule has 1 aromatic carbocycles. The fourth-order valence-electron chi connectivity index (χ4n) is 2.38. The summed E-state index contributed by atoms with van der Waals surface area (Å²) in [6, 6.07) is 9.43. The van der Waals surface area contributed by atoms with Crippen LogP contribution in [0.4, 0.5) is 0 Å². The molecule has 2 heteroatoms. The highest BCUT2D eigenvalue weighted by Gasteiger charge is 2.06. The van der Waals surface area contributed by atoms with Gasteiger partial charge in [0.05, 0.1) is 0 Å². The van der Waals surface area contributed by atoms with Gasteiger partial charge in [0.25, 0.3) is 0 Å². The van der Waals surface area contributed by atoms with E-state index in [2.05, 4.69) is 54.2 Å². The zero-order chi connectivity index (χ0) is 12.3. The van der Waals surface area contributed by atoms with Crippen LogP contribution in [0.1, 0.15) is 31.9 Å². The Balaban J connectivity index is 2.31. The molecule has 0 atom stereocenters. The summed E-state index contributed by atoms with van der Waals surface area (Å²) in [5.74, 6) is 0. The Bertz CT molecular complexity index is 483. The van der Waals surface area contributed by atoms with Crippen molar-refractivity contribution in [3.63, 3.8) is 0 Å². The number of benzene rings is 1. The number of aryl methyl sites for hydroxylation is 1. The van der Waals surface area contributed by atoms with Crippen LogP contribution in [0.5, 0.6) is 0 Å². The summed E-state index contributed by atoms with van der Waals surface area (Å²) in [5, 5.41) is 4.62. The van der Waals surface area contributed by atoms with Crippen molar-refractivity contribution in [2.75, 3.05) is 13.6 Å². The molecule has 0 aliphatic heterocycles. The number of hydrogen-bond donors (Lipinski definition) is 1. The zero-order valence-corrected chi connectivity index (χ0v) is 11.0. The van der Waals surface area contributed by atoms with Gasteiger partial charge < -0.3 is 9.88 Å². The monoisotopic (exact) mass is 230 g/mol. The maximum Gasteiger partial charge on any atom is 0.0485 e. The van der Waals surface area contributed by atoms with Crippen molar-refractivity contribution in [2.45, 2.75) is 32.7 Å². The SMILES string of the molecule is CNCCCc1cccc2c1ccn2C(C)C. The summed E-state index contributed by atoms with van der Waals surface area (Å²) in [5.41, 5.74) is 2.83. The number of rotatable bonds is 5. The molecule has 0 amide bonds. The fourth-order valence-corrected chi connectivity index (χ4v) is 2.38. The number of nitrogens with zero attached hydrogens (tertiary/aromatic N) is 1. The van der Waals surface area contributed by atoms with Gasteiger partial charge in [-0.05, 0) is 58.0 Å². The molecule has 92 valence electrons. The third-order valence-electron chi connectivity index (χ3n) is 3.28. The summed E-state index contributed by atoms with van der Waals surface area (Å²) < 4.78 is 2.34. The second kappa shape index (κ2) is 5.37. The highest BCUT2D eigenvalue weighted by Crippen LogP contribution is 2.24. The molecular formula is C15H22N2. The van der Waals surface area contributed by atoms with E-state index in [9.17, 15) is 0 Å². The van der Waals surface area contributed by atoms with Crippen molar-refractivity contribution in [1.82, 2.24) is 9.88 Å². The van der Waals surface area contributed by atoms with Crippen molar-refractivity contribution in [3.05, 3.63) is 36.0 Å². The Hall–Kier alpha value is -1.28. The van der Waals surface area contributed by atoms with E-state index in [0.717, 1.165) is 13.0 Å². The Morgan fingerprint density at radius 1 is 1.24 bits per heavy atom. The lowest BCUT2D eigenvalue weighted by Crippen LogP contribution is -2.08. The second-order valence-corrected chi connectivity index (χ2v) is 4.87. The van der Waals surface area contributed by atoms with E-state index in [-0.39, 0.29) is 0 Å². The highest BCUT2D eigenvalue weighted by atomic mass is 15.0. The van der Waals surface area contributed by atoms with E-state index in [1.165, 1.54) is 22.9 Å². The van der Waals surface area contributed by atoms with Gasteiger partial charge in [-0.3, -0.25) is 0 Å². The molecule has 1 N–H and O–H groups in total. The third kappa shape index (κ3) is 2.52. The first-order chi connectivity index (χ1) is 8.24. The number of nitrogens with one attached hydrogen (secondary N) is 1. The minimum absolute atomic E-state index is 0.528. The Morgan fingerprint density at radius 3 is 2.76 bits per heavy atom. The van der Waals surface area contributed by atoms with Crippen LogP contribution < -0.4 is 5.32 Å². The first-order valence-electron chi connectivity index (χ1n) is 6.47. The molecule has 1 heterocycles. The first-order valence-corrected chi connectivity index (χ1v) is 6.47. The normalized spacial score (nSPS) is 11.5. The fraction of sp³-hybridized carbons (Fsp3) is 0.467. The van der Waals surface area contributed by atoms with E-state index < -0.39 is 0 Å². The van der Waals surface area contributed by atoms with Gasteiger partial charge in [0.1, 0.15) is 0 Å². The lowest BCUT2D eigenvalue weighted by Gasteiger charge is -2.10. The molecule has 0 aliphatic carbocycles. The van der Waals surface area contributed by atoms with E-state index in [1.54, 1.807) is 0 Å². The Labute approximate surface area is 104 Å². The van der Waals surface area contributed by atoms with Crippen molar-refractivity contribution < 1.29 is 0 Å². The van der Waals surface area contributed by atoms with Crippen LogP contribution in [-0.2, 0) is 6.42 Å². The summed E-state index contributed by atoms with van der Waals surface area (Å²) in [4.78, 5) is 0. The van der Waals surface area contributed by atoms with Crippen LogP contribution >= 0.6 is 0 Å². The quantitative estimate of drug-likeness (QED) is 0.779. The molecule has 17 heavy (non-hydrogen) atoms. The Kier molecular flexibility index (Phi) is 3.85. The maximum atomic E-state index is 3.20. The predicted octanol–water partition coefficient (Wildman–Crippen LogP) is 3.37. The third-order valence-corrected chi connectivity index (χ3v) is 3.28. The highest BCUT2D eigenvalue weighted by molar-refractivity contribution is 5.83. The van der Waals surface area contributed by atoms with E-state index in [1.807, 2.05) is 7.05 Å². The maximum absolute atomic E-state index is 3.20. The molecule has 0 unspecified atom stereocenters. The summed E-state index contributed by atoms with van der Waals surface area (Å²) in [6.07, 6.45) is 4.56. The van der Waals surface area contributed by atoms with Gasteiger partial charge in [-0.15, -0.1) is 0 Å². The van der Waals surface area contributed by atoms with E-state index >= 15 is 0 Å². The van der Waals surface area contributed by atoms with E-state index in [0.29, 0.717) is 6.04 Å². The van der Waals surface area contributed by atoms with Crippen molar-refractivity contribution in [3.8, 4) is 0 Å². The van der Waals surface area contributed by atoms with Crippen LogP contribution in [0.25, 0.3) is 10.9 Å². The molecule has 0 aliphatic rings. The molecule has 2 nitrogen and oxygen atoms in total. The smallest absolute Gasteiger partial charge is 0.0485 e. The van der Waals surface area contributed by atoms with Crippen LogP contribution in [-0.4, -0.2) is 18.2 Å². The van der Waals surface area contributed by atoms with Gasteiger partial charge in [0.2, 0.25) is 0 Å².